The van der Waals surface area contributed by atoms with Gasteiger partial charge in [-0.25, -0.2) is 12.4 Å². The van der Waals surface area contributed by atoms with Crippen LogP contribution < -0.4 is 10.6 Å². The Balaban J connectivity index is 1.60. The molecule has 0 radical (unpaired) electrons. The molecule has 0 atom stereocenters. The highest BCUT2D eigenvalue weighted by molar-refractivity contribution is 9.10. The Morgan fingerprint density at radius 1 is 1.06 bits per heavy atom. The zero-order chi connectivity index (χ0) is 24.3. The van der Waals surface area contributed by atoms with Crippen LogP contribution in [0.4, 0.5) is 5.69 Å². The molecule has 1 amide bonds. The third kappa shape index (κ3) is 4.69. The van der Waals surface area contributed by atoms with Crippen molar-refractivity contribution < 1.29 is 13.2 Å². The summed E-state index contributed by atoms with van der Waals surface area (Å²) in [4.78, 5) is 13.2. The van der Waals surface area contributed by atoms with E-state index in [1.165, 1.54) is 6.20 Å². The van der Waals surface area contributed by atoms with Crippen molar-refractivity contribution in [3.63, 3.8) is 0 Å². The van der Waals surface area contributed by atoms with Gasteiger partial charge < -0.3 is 10.6 Å². The van der Waals surface area contributed by atoms with Gasteiger partial charge in [0.15, 0.2) is 0 Å². The first-order valence-electron chi connectivity index (χ1n) is 10.5. The Labute approximate surface area is 206 Å². The van der Waals surface area contributed by atoms with E-state index < -0.39 is 15.9 Å². The van der Waals surface area contributed by atoms with E-state index in [2.05, 4.69) is 32.6 Å². The number of nitrogens with zero attached hydrogens (tertiary/aromatic N) is 2. The third-order valence-electron chi connectivity index (χ3n) is 5.31. The number of hydrogen-bond acceptors (Lipinski definition) is 5. The second-order valence-electron chi connectivity index (χ2n) is 7.66. The fourth-order valence-electron chi connectivity index (χ4n) is 3.62. The highest BCUT2D eigenvalue weighted by atomic mass is 79.9. The highest BCUT2D eigenvalue weighted by Gasteiger charge is 2.23. The van der Waals surface area contributed by atoms with Gasteiger partial charge in [0, 0.05) is 29.1 Å². The molecule has 172 valence electrons. The van der Waals surface area contributed by atoms with Crippen molar-refractivity contribution in [2.24, 2.45) is 0 Å². The second-order valence-corrected chi connectivity index (χ2v) is 10.4. The molecule has 3 aromatic carbocycles. The van der Waals surface area contributed by atoms with Crippen molar-refractivity contribution in [1.29, 1.82) is 5.26 Å². The van der Waals surface area contributed by atoms with Gasteiger partial charge >= 0.3 is 0 Å². The molecule has 0 saturated heterocycles. The minimum absolute atomic E-state index is 0.144. The van der Waals surface area contributed by atoms with Gasteiger partial charge in [-0.05, 0) is 49.4 Å². The lowest BCUT2D eigenvalue weighted by molar-refractivity contribution is 0.0956. The average Bonchev–Trinajstić information content (AvgIpc) is 3.26. The number of halogens is 1. The van der Waals surface area contributed by atoms with E-state index in [0.717, 1.165) is 9.54 Å². The molecule has 1 aromatic heterocycles. The van der Waals surface area contributed by atoms with Gasteiger partial charge in [0.2, 0.25) is 0 Å². The highest BCUT2D eigenvalue weighted by Crippen LogP contribution is 2.29. The molecule has 0 saturated carbocycles. The largest absolute Gasteiger partial charge is 0.382 e. The number of anilines is 1. The topological polar surface area (TPSA) is 104 Å². The first-order valence-corrected chi connectivity index (χ1v) is 12.7. The van der Waals surface area contributed by atoms with Crippen LogP contribution in [0.1, 0.15) is 21.5 Å². The number of aryl methyl sites for hydroxylation is 1. The Hall–Kier alpha value is -3.61. The number of para-hydroxylation sites is 1. The molecule has 4 rings (SSSR count). The van der Waals surface area contributed by atoms with Crippen LogP contribution in [0.5, 0.6) is 0 Å². The fourth-order valence-corrected chi connectivity index (χ4v) is 5.46. The third-order valence-corrected chi connectivity index (χ3v) is 7.46. The monoisotopic (exact) mass is 536 g/mol. The van der Waals surface area contributed by atoms with Crippen molar-refractivity contribution in [2.75, 3.05) is 18.4 Å². The molecule has 7 nitrogen and oxygen atoms in total. The number of amides is 1. The maximum atomic E-state index is 13.3. The van der Waals surface area contributed by atoms with E-state index >= 15 is 0 Å². The number of rotatable bonds is 7. The molecule has 0 aliphatic heterocycles. The molecule has 0 aliphatic carbocycles. The number of nitriles is 1. The van der Waals surface area contributed by atoms with Gasteiger partial charge in [0.25, 0.3) is 15.9 Å². The summed E-state index contributed by atoms with van der Waals surface area (Å²) in [5, 5.41) is 15.8. The van der Waals surface area contributed by atoms with Crippen LogP contribution in [0, 0.1) is 18.3 Å². The number of fused-ring (bicyclic) bond motifs is 1. The van der Waals surface area contributed by atoms with Gasteiger partial charge in [-0.1, -0.05) is 45.8 Å². The van der Waals surface area contributed by atoms with Crippen molar-refractivity contribution in [3.8, 4) is 6.07 Å². The van der Waals surface area contributed by atoms with Gasteiger partial charge in [-0.15, -0.1) is 0 Å². The van der Waals surface area contributed by atoms with E-state index in [0.29, 0.717) is 33.2 Å². The average molecular weight is 537 g/mol. The standard InChI is InChI=1S/C25H21BrN4O3S/c1-17-6-8-21(9-7-17)34(32,33)30-13-10-18-14-20(26)15-22(24(18)30)25(31)29-12-11-28-23-5-3-2-4-19(23)16-27/h2-10,13-15,28H,11-12H2,1H3,(H,29,31). The molecule has 34 heavy (non-hydrogen) atoms. The molecule has 2 N–H and O–H groups in total. The smallest absolute Gasteiger partial charge is 0.268 e. The molecule has 0 spiro atoms. The van der Waals surface area contributed by atoms with E-state index in [-0.39, 0.29) is 17.0 Å². The zero-order valence-corrected chi connectivity index (χ0v) is 20.7. The maximum absolute atomic E-state index is 13.3. The molecule has 4 aromatic rings. The molecule has 0 aliphatic rings. The first-order chi connectivity index (χ1) is 16.3. The van der Waals surface area contributed by atoms with E-state index in [1.807, 2.05) is 13.0 Å². The number of aromatic nitrogens is 1. The van der Waals surface area contributed by atoms with Crippen molar-refractivity contribution in [3.05, 3.63) is 94.1 Å². The summed E-state index contributed by atoms with van der Waals surface area (Å²) in [6.07, 6.45) is 1.46. The summed E-state index contributed by atoms with van der Waals surface area (Å²) in [6.45, 7) is 2.55. The predicted molar refractivity (Wildman–Crippen MR) is 135 cm³/mol. The van der Waals surface area contributed by atoms with Crippen LogP contribution in [0.25, 0.3) is 10.9 Å². The van der Waals surface area contributed by atoms with Gasteiger partial charge in [0.1, 0.15) is 6.07 Å². The quantitative estimate of drug-likeness (QED) is 0.334. The van der Waals surface area contributed by atoms with Gasteiger partial charge in [-0.3, -0.25) is 4.79 Å². The van der Waals surface area contributed by atoms with E-state index in [1.54, 1.807) is 60.7 Å². The molecule has 0 unspecified atom stereocenters. The number of hydrogen-bond donors (Lipinski definition) is 2. The number of benzene rings is 3. The van der Waals surface area contributed by atoms with Crippen LogP contribution in [-0.2, 0) is 10.0 Å². The Morgan fingerprint density at radius 2 is 1.79 bits per heavy atom. The second kappa shape index (κ2) is 9.71. The number of nitrogens with one attached hydrogen (secondary N) is 2. The summed E-state index contributed by atoms with van der Waals surface area (Å²) in [7, 11) is -3.90. The van der Waals surface area contributed by atoms with Crippen LogP contribution in [-0.4, -0.2) is 31.4 Å². The van der Waals surface area contributed by atoms with Crippen LogP contribution in [0.3, 0.4) is 0 Å². The maximum Gasteiger partial charge on any atom is 0.268 e. The van der Waals surface area contributed by atoms with Crippen LogP contribution >= 0.6 is 15.9 Å². The summed E-state index contributed by atoms with van der Waals surface area (Å²) in [5.74, 6) is -0.402. The summed E-state index contributed by atoms with van der Waals surface area (Å²) < 4.78 is 28.5. The Morgan fingerprint density at radius 3 is 2.53 bits per heavy atom. The molecule has 0 fully saturated rings. The lowest BCUT2D eigenvalue weighted by Crippen LogP contribution is -2.29. The van der Waals surface area contributed by atoms with Crippen LogP contribution in [0.15, 0.2) is 82.3 Å². The minimum Gasteiger partial charge on any atom is -0.382 e. The van der Waals surface area contributed by atoms with Crippen molar-refractivity contribution in [2.45, 2.75) is 11.8 Å². The molecular weight excluding hydrogens is 516 g/mol. The Kier molecular flexibility index (Phi) is 6.72. The lowest BCUT2D eigenvalue weighted by atomic mass is 10.1. The zero-order valence-electron chi connectivity index (χ0n) is 18.2. The lowest BCUT2D eigenvalue weighted by Gasteiger charge is -2.13. The predicted octanol–water partition coefficient (Wildman–Crippen LogP) is 4.66. The number of carbonyl (C=O) groups excluding carboxylic acids is 1. The SMILES string of the molecule is Cc1ccc(S(=O)(=O)n2ccc3cc(Br)cc(C(=O)NCCNc4ccccc4C#N)c32)cc1. The fraction of sp³-hybridized carbons (Fsp3) is 0.120. The summed E-state index contributed by atoms with van der Waals surface area (Å²) in [5.41, 5.74) is 2.70. The normalized spacial score (nSPS) is 11.2. The van der Waals surface area contributed by atoms with Crippen molar-refractivity contribution >= 4 is 48.5 Å². The molecule has 9 heteroatoms. The molecule has 1 heterocycles. The van der Waals surface area contributed by atoms with Gasteiger partial charge in [-0.2, -0.15) is 5.26 Å². The van der Waals surface area contributed by atoms with Crippen molar-refractivity contribution in [1.82, 2.24) is 9.29 Å². The molecular formula is C25H21BrN4O3S. The minimum atomic E-state index is -3.90. The molecule has 0 bridgehead atoms. The number of carbonyl (C=O) groups is 1. The first kappa shape index (κ1) is 23.5. The summed E-state index contributed by atoms with van der Waals surface area (Å²) >= 11 is 3.41. The Bertz CT molecular complexity index is 1520. The summed E-state index contributed by atoms with van der Waals surface area (Å²) in [6, 6.07) is 20.9. The van der Waals surface area contributed by atoms with E-state index in [4.69, 9.17) is 0 Å². The van der Waals surface area contributed by atoms with Crippen LogP contribution in [0.2, 0.25) is 0 Å². The van der Waals surface area contributed by atoms with Gasteiger partial charge in [0.05, 0.1) is 27.2 Å². The van der Waals surface area contributed by atoms with E-state index in [9.17, 15) is 18.5 Å².